The van der Waals surface area contributed by atoms with E-state index in [9.17, 15) is 13.2 Å². The van der Waals surface area contributed by atoms with Crippen molar-refractivity contribution < 1.29 is 17.9 Å². The fraction of sp³-hybridized carbons (Fsp3) is 0.381. The molecule has 1 amide bonds. The molecule has 1 saturated carbocycles. The molecule has 1 aliphatic rings. The first-order valence-corrected chi connectivity index (χ1v) is 11.5. The molecule has 0 radical (unpaired) electrons. The number of ether oxygens (including phenoxy) is 1. The van der Waals surface area contributed by atoms with Gasteiger partial charge in [0.25, 0.3) is 10.0 Å². The summed E-state index contributed by atoms with van der Waals surface area (Å²) in [4.78, 5) is 12.3. The molecule has 2 aromatic rings. The third-order valence-electron chi connectivity index (χ3n) is 5.05. The summed E-state index contributed by atoms with van der Waals surface area (Å²) in [7, 11) is -2.58. The van der Waals surface area contributed by atoms with Gasteiger partial charge in [-0.25, -0.2) is 8.42 Å². The molecule has 0 heterocycles. The Hall–Kier alpha value is -2.25. The average molecular weight is 437 g/mol. The first-order chi connectivity index (χ1) is 13.9. The minimum absolute atomic E-state index is 0.0737. The molecule has 0 saturated heterocycles. The summed E-state index contributed by atoms with van der Waals surface area (Å²) < 4.78 is 33.5. The van der Waals surface area contributed by atoms with Crippen molar-refractivity contribution >= 4 is 38.9 Å². The van der Waals surface area contributed by atoms with Gasteiger partial charge in [0, 0.05) is 12.1 Å². The molecule has 156 valence electrons. The molecule has 2 aromatic carbocycles. The van der Waals surface area contributed by atoms with Crippen molar-refractivity contribution in [1.29, 1.82) is 0 Å². The highest BCUT2D eigenvalue weighted by Crippen LogP contribution is 2.31. The third-order valence-corrected chi connectivity index (χ3v) is 6.77. The van der Waals surface area contributed by atoms with Crippen molar-refractivity contribution in [2.45, 2.75) is 43.4 Å². The van der Waals surface area contributed by atoms with Crippen LogP contribution in [0.4, 0.5) is 11.4 Å². The number of amides is 1. The summed E-state index contributed by atoms with van der Waals surface area (Å²) in [6.07, 6.45) is 6.14. The Morgan fingerprint density at radius 2 is 1.86 bits per heavy atom. The molecule has 1 aliphatic carbocycles. The molecule has 0 spiro atoms. The van der Waals surface area contributed by atoms with Crippen LogP contribution in [0.15, 0.2) is 47.4 Å². The van der Waals surface area contributed by atoms with Gasteiger partial charge in [-0.15, -0.1) is 0 Å². The lowest BCUT2D eigenvalue weighted by atomic mass is 9.87. The lowest BCUT2D eigenvalue weighted by molar-refractivity contribution is -0.117. The molecule has 0 aliphatic heterocycles. The summed E-state index contributed by atoms with van der Waals surface area (Å²) in [6, 6.07) is 11.1. The SMILES string of the molecule is COc1ccc(NC(=O)CC2CCCCC2)cc1S(=O)(=O)Nc1ccccc1Cl. The Morgan fingerprint density at radius 3 is 2.55 bits per heavy atom. The van der Waals surface area contributed by atoms with E-state index in [1.807, 2.05) is 0 Å². The van der Waals surface area contributed by atoms with Crippen LogP contribution in [0, 0.1) is 5.92 Å². The summed E-state index contributed by atoms with van der Waals surface area (Å²) in [6.45, 7) is 0. The molecule has 2 N–H and O–H groups in total. The topological polar surface area (TPSA) is 84.5 Å². The number of methoxy groups -OCH3 is 1. The van der Waals surface area contributed by atoms with E-state index in [2.05, 4.69) is 10.0 Å². The van der Waals surface area contributed by atoms with Gasteiger partial charge in [-0.05, 0) is 49.1 Å². The monoisotopic (exact) mass is 436 g/mol. The molecular weight excluding hydrogens is 412 g/mol. The van der Waals surface area contributed by atoms with Crippen molar-refractivity contribution in [1.82, 2.24) is 0 Å². The lowest BCUT2D eigenvalue weighted by Gasteiger charge is -2.21. The van der Waals surface area contributed by atoms with E-state index >= 15 is 0 Å². The number of hydrogen-bond acceptors (Lipinski definition) is 4. The second-order valence-corrected chi connectivity index (χ2v) is 9.27. The molecule has 6 nitrogen and oxygen atoms in total. The number of halogens is 1. The van der Waals surface area contributed by atoms with Gasteiger partial charge in [-0.2, -0.15) is 0 Å². The van der Waals surface area contributed by atoms with Gasteiger partial charge in [-0.3, -0.25) is 9.52 Å². The Morgan fingerprint density at radius 1 is 1.14 bits per heavy atom. The van der Waals surface area contributed by atoms with Crippen LogP contribution in [0.1, 0.15) is 38.5 Å². The number of benzene rings is 2. The standard InChI is InChI=1S/C21H25ClN2O4S/c1-28-19-12-11-16(23-21(25)13-15-7-3-2-4-8-15)14-20(19)29(26,27)24-18-10-6-5-9-17(18)22/h5-6,9-12,14-15,24H,2-4,7-8,13H2,1H3,(H,23,25). The van der Waals surface area contributed by atoms with Gasteiger partial charge in [0.1, 0.15) is 10.6 Å². The van der Waals surface area contributed by atoms with Gasteiger partial charge in [0.15, 0.2) is 0 Å². The van der Waals surface area contributed by atoms with Gasteiger partial charge < -0.3 is 10.1 Å². The molecule has 8 heteroatoms. The largest absolute Gasteiger partial charge is 0.495 e. The van der Waals surface area contributed by atoms with Crippen LogP contribution in [0.2, 0.25) is 5.02 Å². The van der Waals surface area contributed by atoms with E-state index in [1.165, 1.54) is 25.7 Å². The Kier molecular flexibility index (Phi) is 7.03. The first kappa shape index (κ1) is 21.5. The zero-order valence-corrected chi connectivity index (χ0v) is 17.9. The molecule has 0 atom stereocenters. The van der Waals surface area contributed by atoms with Gasteiger partial charge in [-0.1, -0.05) is 43.0 Å². The predicted octanol–water partition coefficient (Wildman–Crippen LogP) is 5.06. The number of para-hydroxylation sites is 1. The maximum absolute atomic E-state index is 12.9. The average Bonchev–Trinajstić information content (AvgIpc) is 2.70. The van der Waals surface area contributed by atoms with E-state index in [0.717, 1.165) is 25.7 Å². The Labute approximate surface area is 176 Å². The van der Waals surface area contributed by atoms with E-state index in [1.54, 1.807) is 30.3 Å². The van der Waals surface area contributed by atoms with Crippen molar-refractivity contribution in [3.05, 3.63) is 47.5 Å². The highest BCUT2D eigenvalue weighted by Gasteiger charge is 2.22. The van der Waals surface area contributed by atoms with Crippen LogP contribution >= 0.6 is 11.6 Å². The number of carbonyl (C=O) groups excluding carboxylic acids is 1. The van der Waals surface area contributed by atoms with Crippen molar-refractivity contribution in [2.24, 2.45) is 5.92 Å². The van der Waals surface area contributed by atoms with E-state index in [4.69, 9.17) is 16.3 Å². The Bertz CT molecular complexity index is 972. The summed E-state index contributed by atoms with van der Waals surface area (Å²) in [5.41, 5.74) is 0.675. The van der Waals surface area contributed by atoms with E-state index in [-0.39, 0.29) is 27.3 Å². The molecule has 1 fully saturated rings. The summed E-state index contributed by atoms with van der Waals surface area (Å²) in [5.74, 6) is 0.464. The van der Waals surface area contributed by atoms with Crippen LogP contribution in [0.5, 0.6) is 5.75 Å². The van der Waals surface area contributed by atoms with Crippen molar-refractivity contribution in [3.63, 3.8) is 0 Å². The maximum atomic E-state index is 12.9. The molecule has 0 bridgehead atoms. The molecular formula is C21H25ClN2O4S. The number of hydrogen-bond donors (Lipinski definition) is 2. The number of anilines is 2. The normalized spacial score (nSPS) is 15.0. The van der Waals surface area contributed by atoms with Crippen LogP contribution < -0.4 is 14.8 Å². The zero-order valence-electron chi connectivity index (χ0n) is 16.3. The first-order valence-electron chi connectivity index (χ1n) is 9.64. The predicted molar refractivity (Wildman–Crippen MR) is 115 cm³/mol. The highest BCUT2D eigenvalue weighted by atomic mass is 35.5. The minimum Gasteiger partial charge on any atom is -0.495 e. The third kappa shape index (κ3) is 5.64. The maximum Gasteiger partial charge on any atom is 0.265 e. The van der Waals surface area contributed by atoms with Gasteiger partial charge >= 0.3 is 0 Å². The quantitative estimate of drug-likeness (QED) is 0.635. The fourth-order valence-corrected chi connectivity index (χ4v) is 5.09. The molecule has 3 rings (SSSR count). The van der Waals surface area contributed by atoms with E-state index < -0.39 is 10.0 Å². The van der Waals surface area contributed by atoms with Gasteiger partial charge in [0.2, 0.25) is 5.91 Å². The number of nitrogens with one attached hydrogen (secondary N) is 2. The fourth-order valence-electron chi connectivity index (χ4n) is 3.57. The molecule has 0 aromatic heterocycles. The number of carbonyl (C=O) groups is 1. The van der Waals surface area contributed by atoms with Crippen molar-refractivity contribution in [2.75, 3.05) is 17.1 Å². The minimum atomic E-state index is -3.97. The van der Waals surface area contributed by atoms with E-state index in [0.29, 0.717) is 18.0 Å². The molecule has 0 unspecified atom stereocenters. The summed E-state index contributed by atoms with van der Waals surface area (Å²) in [5, 5.41) is 3.10. The van der Waals surface area contributed by atoms with Gasteiger partial charge in [0.05, 0.1) is 17.8 Å². The number of sulfonamides is 1. The van der Waals surface area contributed by atoms with Crippen LogP contribution in [-0.2, 0) is 14.8 Å². The second-order valence-electron chi connectivity index (χ2n) is 7.21. The smallest absolute Gasteiger partial charge is 0.265 e. The zero-order chi connectivity index (χ0) is 20.9. The van der Waals surface area contributed by atoms with Crippen LogP contribution in [0.25, 0.3) is 0 Å². The van der Waals surface area contributed by atoms with Crippen LogP contribution in [-0.4, -0.2) is 21.4 Å². The summed E-state index contributed by atoms with van der Waals surface area (Å²) >= 11 is 6.07. The van der Waals surface area contributed by atoms with Crippen LogP contribution in [0.3, 0.4) is 0 Å². The molecule has 29 heavy (non-hydrogen) atoms. The number of rotatable bonds is 7. The Balaban J connectivity index is 1.79. The van der Waals surface area contributed by atoms with Crippen molar-refractivity contribution in [3.8, 4) is 5.75 Å². The second kappa shape index (κ2) is 9.50. The lowest BCUT2D eigenvalue weighted by Crippen LogP contribution is -2.19. The highest BCUT2D eigenvalue weighted by molar-refractivity contribution is 7.92.